The van der Waals surface area contributed by atoms with Crippen LogP contribution in [0.4, 0.5) is 5.69 Å². The predicted molar refractivity (Wildman–Crippen MR) is 128 cm³/mol. The maximum Gasteiger partial charge on any atom is 0.255 e. The van der Waals surface area contributed by atoms with Crippen LogP contribution in [0.15, 0.2) is 59.6 Å². The minimum absolute atomic E-state index is 0.217. The fraction of sp³-hybridized carbons (Fsp3) is 0.240. The highest BCUT2D eigenvalue weighted by Gasteiger charge is 2.16. The highest BCUT2D eigenvalue weighted by atomic mass is 32.1. The van der Waals surface area contributed by atoms with Crippen molar-refractivity contribution in [2.45, 2.75) is 32.4 Å². The first-order valence-electron chi connectivity index (χ1n) is 10.9. The lowest BCUT2D eigenvalue weighted by atomic mass is 10.1. The number of aromatic nitrogens is 3. The largest absolute Gasteiger partial charge is 0.493 e. The molecule has 0 saturated carbocycles. The first-order chi connectivity index (χ1) is 16.2. The summed E-state index contributed by atoms with van der Waals surface area (Å²) in [5.74, 6) is 1.83. The van der Waals surface area contributed by atoms with Crippen LogP contribution in [-0.2, 0) is 19.6 Å². The van der Waals surface area contributed by atoms with Crippen LogP contribution in [0.5, 0.6) is 11.5 Å². The molecule has 0 bridgehead atoms. The number of amides is 1. The van der Waals surface area contributed by atoms with E-state index in [0.717, 1.165) is 35.7 Å². The molecule has 4 aromatic rings. The van der Waals surface area contributed by atoms with Crippen LogP contribution >= 0.6 is 11.3 Å². The molecule has 1 N–H and O–H groups in total. The molecule has 168 valence electrons. The summed E-state index contributed by atoms with van der Waals surface area (Å²) < 4.78 is 13.5. The zero-order chi connectivity index (χ0) is 22.6. The number of hydrogen-bond acceptors (Lipinski definition) is 6. The number of benzene rings is 2. The number of carbonyl (C=O) groups excluding carboxylic acids is 1. The topological polar surface area (TPSA) is 78.3 Å². The van der Waals surface area contributed by atoms with Gasteiger partial charge in [-0.1, -0.05) is 0 Å². The molecule has 1 aliphatic heterocycles. The normalized spacial score (nSPS) is 12.8. The Balaban J connectivity index is 1.26. The smallest absolute Gasteiger partial charge is 0.255 e. The van der Waals surface area contributed by atoms with Gasteiger partial charge in [0, 0.05) is 40.6 Å². The number of ether oxygens (including phenoxy) is 2. The van der Waals surface area contributed by atoms with Crippen molar-refractivity contribution in [1.82, 2.24) is 14.5 Å². The van der Waals surface area contributed by atoms with E-state index in [2.05, 4.69) is 19.9 Å². The third kappa shape index (κ3) is 4.61. The lowest BCUT2D eigenvalue weighted by Gasteiger charge is -2.16. The molecule has 2 aromatic carbocycles. The molecule has 3 heterocycles. The van der Waals surface area contributed by atoms with E-state index in [0.29, 0.717) is 23.7 Å². The van der Waals surface area contributed by atoms with Crippen molar-refractivity contribution in [2.24, 2.45) is 0 Å². The van der Waals surface area contributed by atoms with Crippen LogP contribution < -0.4 is 14.8 Å². The lowest BCUT2D eigenvalue weighted by Crippen LogP contribution is -2.12. The maximum absolute atomic E-state index is 12.8. The van der Waals surface area contributed by atoms with Gasteiger partial charge in [-0.25, -0.2) is 9.97 Å². The van der Waals surface area contributed by atoms with Crippen LogP contribution in [0.3, 0.4) is 0 Å². The first-order valence-corrected chi connectivity index (χ1v) is 11.8. The Hall–Kier alpha value is -3.65. The van der Waals surface area contributed by atoms with E-state index in [1.807, 2.05) is 35.8 Å². The molecule has 1 aliphatic rings. The molecule has 0 fully saturated rings. The van der Waals surface area contributed by atoms with Crippen molar-refractivity contribution >= 4 is 22.9 Å². The van der Waals surface area contributed by atoms with E-state index in [1.54, 1.807) is 30.8 Å². The average Bonchev–Trinajstić information content (AvgIpc) is 3.53. The van der Waals surface area contributed by atoms with Gasteiger partial charge in [-0.3, -0.25) is 4.79 Å². The molecule has 1 amide bonds. The summed E-state index contributed by atoms with van der Waals surface area (Å²) in [6.07, 6.45) is 5.46. The molecule has 0 aliphatic carbocycles. The number of carbonyl (C=O) groups is 1. The quantitative estimate of drug-likeness (QED) is 0.411. The van der Waals surface area contributed by atoms with Crippen LogP contribution in [0.25, 0.3) is 11.4 Å². The van der Waals surface area contributed by atoms with E-state index in [9.17, 15) is 4.79 Å². The minimum Gasteiger partial charge on any atom is -0.493 e. The van der Waals surface area contributed by atoms with Crippen molar-refractivity contribution < 1.29 is 14.3 Å². The van der Waals surface area contributed by atoms with Gasteiger partial charge in [0.05, 0.1) is 18.3 Å². The molecular formula is C25H24N4O3S. The Bertz CT molecular complexity index is 1250. The molecule has 0 unspecified atom stereocenters. The maximum atomic E-state index is 12.8. The van der Waals surface area contributed by atoms with Crippen molar-refractivity contribution in [1.29, 1.82) is 0 Å². The summed E-state index contributed by atoms with van der Waals surface area (Å²) in [5, 5.41) is 4.88. The fourth-order valence-electron chi connectivity index (χ4n) is 3.96. The molecule has 33 heavy (non-hydrogen) atoms. The third-order valence-electron chi connectivity index (χ3n) is 5.69. The van der Waals surface area contributed by atoms with Gasteiger partial charge in [0.2, 0.25) is 0 Å². The second-order valence-electron chi connectivity index (χ2n) is 7.85. The SMILES string of the molecule is COc1cc(C(=O)Nc2ccc(-c3ncc4n3CCCC4)cc2)ccc1OCc1cscn1. The van der Waals surface area contributed by atoms with Gasteiger partial charge >= 0.3 is 0 Å². The number of hydrogen-bond donors (Lipinski definition) is 1. The van der Waals surface area contributed by atoms with Gasteiger partial charge in [0.25, 0.3) is 5.91 Å². The monoisotopic (exact) mass is 460 g/mol. The molecule has 0 spiro atoms. The van der Waals surface area contributed by atoms with E-state index < -0.39 is 0 Å². The number of aryl methyl sites for hydroxylation is 1. The second kappa shape index (κ2) is 9.46. The molecular weight excluding hydrogens is 436 g/mol. The Labute approximate surface area is 196 Å². The number of nitrogens with one attached hydrogen (secondary N) is 1. The highest BCUT2D eigenvalue weighted by molar-refractivity contribution is 7.07. The van der Waals surface area contributed by atoms with E-state index >= 15 is 0 Å². The zero-order valence-electron chi connectivity index (χ0n) is 18.3. The number of thiazole rings is 1. The number of fused-ring (bicyclic) bond motifs is 1. The van der Waals surface area contributed by atoms with Crippen molar-refractivity contribution in [3.8, 4) is 22.9 Å². The first kappa shape index (κ1) is 21.2. The minimum atomic E-state index is -0.217. The van der Waals surface area contributed by atoms with Crippen molar-refractivity contribution in [3.63, 3.8) is 0 Å². The molecule has 0 radical (unpaired) electrons. The van der Waals surface area contributed by atoms with Gasteiger partial charge in [-0.15, -0.1) is 11.3 Å². The van der Waals surface area contributed by atoms with E-state index in [4.69, 9.17) is 9.47 Å². The van der Waals surface area contributed by atoms with Gasteiger partial charge in [-0.2, -0.15) is 0 Å². The number of nitrogens with zero attached hydrogens (tertiary/aromatic N) is 3. The van der Waals surface area contributed by atoms with Crippen molar-refractivity contribution in [2.75, 3.05) is 12.4 Å². The van der Waals surface area contributed by atoms with E-state index in [-0.39, 0.29) is 5.91 Å². The third-order valence-corrected chi connectivity index (χ3v) is 6.32. The summed E-state index contributed by atoms with van der Waals surface area (Å²) in [4.78, 5) is 21.6. The summed E-state index contributed by atoms with van der Waals surface area (Å²) in [5.41, 5.74) is 6.16. The molecule has 7 nitrogen and oxygen atoms in total. The number of rotatable bonds is 7. The molecule has 0 saturated heterocycles. The molecule has 0 atom stereocenters. The van der Waals surface area contributed by atoms with Gasteiger partial charge in [0.15, 0.2) is 11.5 Å². The second-order valence-corrected chi connectivity index (χ2v) is 8.57. The predicted octanol–water partition coefficient (Wildman–Crippen LogP) is 5.18. The average molecular weight is 461 g/mol. The molecule has 5 rings (SSSR count). The highest BCUT2D eigenvalue weighted by Crippen LogP contribution is 2.30. The Morgan fingerprint density at radius 2 is 2.00 bits per heavy atom. The summed E-state index contributed by atoms with van der Waals surface area (Å²) >= 11 is 1.52. The summed E-state index contributed by atoms with van der Waals surface area (Å²) in [6.45, 7) is 1.35. The summed E-state index contributed by atoms with van der Waals surface area (Å²) in [7, 11) is 1.56. The molecule has 2 aromatic heterocycles. The summed E-state index contributed by atoms with van der Waals surface area (Å²) in [6, 6.07) is 12.9. The Morgan fingerprint density at radius 3 is 2.79 bits per heavy atom. The zero-order valence-corrected chi connectivity index (χ0v) is 19.1. The Kier molecular flexibility index (Phi) is 6.08. The fourth-order valence-corrected chi connectivity index (χ4v) is 4.50. The van der Waals surface area contributed by atoms with Gasteiger partial charge in [-0.05, 0) is 61.7 Å². The van der Waals surface area contributed by atoms with Crippen LogP contribution in [0.2, 0.25) is 0 Å². The number of imidazole rings is 1. The van der Waals surface area contributed by atoms with Crippen molar-refractivity contribution in [3.05, 3.63) is 76.5 Å². The number of anilines is 1. The van der Waals surface area contributed by atoms with Crippen LogP contribution in [-0.4, -0.2) is 27.6 Å². The van der Waals surface area contributed by atoms with Crippen LogP contribution in [0.1, 0.15) is 34.6 Å². The lowest BCUT2D eigenvalue weighted by molar-refractivity contribution is 0.102. The molecule has 8 heteroatoms. The number of methoxy groups -OCH3 is 1. The Morgan fingerprint density at radius 1 is 1.12 bits per heavy atom. The van der Waals surface area contributed by atoms with Crippen LogP contribution in [0, 0.1) is 0 Å². The van der Waals surface area contributed by atoms with Gasteiger partial charge in [0.1, 0.15) is 12.4 Å². The van der Waals surface area contributed by atoms with Gasteiger partial charge < -0.3 is 19.4 Å². The standard InChI is InChI=1S/C25H24N4O3S/c1-31-23-12-18(7-10-22(23)32-14-20-15-33-16-27-20)25(30)28-19-8-5-17(6-9-19)24-26-13-21-4-2-3-11-29(21)24/h5-10,12-13,15-16H,2-4,11,14H2,1H3,(H,28,30). The van der Waals surface area contributed by atoms with E-state index in [1.165, 1.54) is 29.9 Å².